The van der Waals surface area contributed by atoms with E-state index in [4.69, 9.17) is 18.7 Å². The Morgan fingerprint density at radius 3 is 2.81 bits per heavy atom. The minimum absolute atomic E-state index is 0.117. The molecule has 1 aromatic heterocycles. The van der Waals surface area contributed by atoms with Gasteiger partial charge in [-0.2, -0.15) is 10.1 Å². The van der Waals surface area contributed by atoms with E-state index >= 15 is 0 Å². The highest BCUT2D eigenvalue weighted by Crippen LogP contribution is 2.31. The Hall–Kier alpha value is -3.43. The number of nitrogens with one attached hydrogen (secondary N) is 1. The average Bonchev–Trinajstić information content (AvgIpc) is 3.15. The summed E-state index contributed by atoms with van der Waals surface area (Å²) in [6.45, 7) is -0.211. The van der Waals surface area contributed by atoms with Crippen LogP contribution < -0.4 is 14.9 Å². The van der Waals surface area contributed by atoms with Gasteiger partial charge in [-0.15, -0.1) is 0 Å². The van der Waals surface area contributed by atoms with Crippen LogP contribution in [0.3, 0.4) is 0 Å². The number of amides is 1. The van der Waals surface area contributed by atoms with Crippen molar-refractivity contribution in [3.8, 4) is 22.9 Å². The molecule has 0 spiro atoms. The molecule has 1 aromatic carbocycles. The van der Waals surface area contributed by atoms with E-state index < -0.39 is 5.97 Å². The van der Waals surface area contributed by atoms with E-state index in [0.29, 0.717) is 17.1 Å². The summed E-state index contributed by atoms with van der Waals surface area (Å²) in [7, 11) is 3.07. The molecule has 0 unspecified atom stereocenters. The van der Waals surface area contributed by atoms with Crippen molar-refractivity contribution in [2.75, 3.05) is 14.2 Å². The fraction of sp³-hybridized carbons (Fsp3) is 0.312. The van der Waals surface area contributed by atoms with Gasteiger partial charge < -0.3 is 18.7 Å². The van der Waals surface area contributed by atoms with Crippen LogP contribution in [0.5, 0.6) is 11.5 Å². The second-order valence-electron chi connectivity index (χ2n) is 5.25. The highest BCUT2D eigenvalue weighted by atomic mass is 16.6. The molecule has 0 saturated carbocycles. The number of rotatable bonds is 6. The minimum atomic E-state index is -0.647. The van der Waals surface area contributed by atoms with Gasteiger partial charge in [0.1, 0.15) is 17.2 Å². The number of hydrazone groups is 1. The van der Waals surface area contributed by atoms with Crippen molar-refractivity contribution >= 4 is 17.6 Å². The molecular formula is C16H16N4O6. The number of carbonyl (C=O) groups excluding carboxylic acids is 2. The van der Waals surface area contributed by atoms with Gasteiger partial charge in [-0.3, -0.25) is 4.79 Å². The lowest BCUT2D eigenvalue weighted by Gasteiger charge is -2.10. The lowest BCUT2D eigenvalue weighted by molar-refractivity contribution is -0.137. The molecule has 0 atom stereocenters. The predicted molar refractivity (Wildman–Crippen MR) is 87.4 cm³/mol. The first kappa shape index (κ1) is 17.4. The van der Waals surface area contributed by atoms with E-state index in [0.717, 1.165) is 0 Å². The van der Waals surface area contributed by atoms with Crippen LogP contribution in [0.4, 0.5) is 0 Å². The lowest BCUT2D eigenvalue weighted by atomic mass is 10.2. The summed E-state index contributed by atoms with van der Waals surface area (Å²) in [5, 5.41) is 7.53. The monoisotopic (exact) mass is 360 g/mol. The molecule has 26 heavy (non-hydrogen) atoms. The second kappa shape index (κ2) is 7.64. The molecule has 3 rings (SSSR count). The van der Waals surface area contributed by atoms with Gasteiger partial charge in [-0.1, -0.05) is 5.16 Å². The average molecular weight is 360 g/mol. The van der Waals surface area contributed by atoms with Crippen molar-refractivity contribution in [3.63, 3.8) is 0 Å². The topological polar surface area (TPSA) is 125 Å². The number of hydrogen-bond donors (Lipinski definition) is 1. The quantitative estimate of drug-likeness (QED) is 0.758. The number of carbonyl (C=O) groups is 2. The molecule has 1 aliphatic heterocycles. The molecule has 0 bridgehead atoms. The molecule has 0 aliphatic carbocycles. The molecule has 2 heterocycles. The van der Waals surface area contributed by atoms with Crippen LogP contribution >= 0.6 is 0 Å². The summed E-state index contributed by atoms with van der Waals surface area (Å²) >= 11 is 0. The van der Waals surface area contributed by atoms with Gasteiger partial charge in [0.15, 0.2) is 6.61 Å². The molecule has 1 aliphatic rings. The largest absolute Gasteiger partial charge is 0.497 e. The maximum atomic E-state index is 11.9. The van der Waals surface area contributed by atoms with Crippen LogP contribution in [0, 0.1) is 0 Å². The Kier molecular flexibility index (Phi) is 5.11. The number of aromatic nitrogens is 2. The number of nitrogens with zero attached hydrogens (tertiary/aromatic N) is 3. The smallest absolute Gasteiger partial charge is 0.355 e. The molecule has 2 aromatic rings. The van der Waals surface area contributed by atoms with Crippen molar-refractivity contribution in [2.24, 2.45) is 5.10 Å². The first-order chi connectivity index (χ1) is 12.6. The Morgan fingerprint density at radius 2 is 2.12 bits per heavy atom. The van der Waals surface area contributed by atoms with Crippen molar-refractivity contribution in [3.05, 3.63) is 24.1 Å². The molecule has 136 valence electrons. The fourth-order valence-electron chi connectivity index (χ4n) is 2.24. The zero-order valence-electron chi connectivity index (χ0n) is 14.1. The van der Waals surface area contributed by atoms with Crippen molar-refractivity contribution in [1.29, 1.82) is 0 Å². The summed E-state index contributed by atoms with van der Waals surface area (Å²) in [4.78, 5) is 27.1. The van der Waals surface area contributed by atoms with E-state index in [1.165, 1.54) is 7.11 Å². The van der Waals surface area contributed by atoms with E-state index in [2.05, 4.69) is 20.7 Å². The number of ether oxygens (including phenoxy) is 3. The Balaban J connectivity index is 1.67. The molecule has 10 heteroatoms. The Labute approximate surface area is 148 Å². The van der Waals surface area contributed by atoms with E-state index in [-0.39, 0.29) is 42.8 Å². The maximum Gasteiger partial charge on any atom is 0.355 e. The van der Waals surface area contributed by atoms with Crippen molar-refractivity contribution in [1.82, 2.24) is 15.6 Å². The number of hydrogen-bond acceptors (Lipinski definition) is 9. The molecule has 0 fully saturated rings. The third-order valence-corrected chi connectivity index (χ3v) is 3.58. The molecule has 1 amide bonds. The fourth-order valence-corrected chi connectivity index (χ4v) is 2.24. The summed E-state index contributed by atoms with van der Waals surface area (Å²) < 4.78 is 20.6. The summed E-state index contributed by atoms with van der Waals surface area (Å²) in [5.74, 6) is 0.664. The van der Waals surface area contributed by atoms with E-state index in [1.807, 2.05) is 0 Å². The number of methoxy groups -OCH3 is 2. The maximum absolute atomic E-state index is 11.9. The van der Waals surface area contributed by atoms with Crippen LogP contribution in [0.15, 0.2) is 27.8 Å². The van der Waals surface area contributed by atoms with Crippen molar-refractivity contribution in [2.45, 2.75) is 19.4 Å². The molecular weight excluding hydrogens is 344 g/mol. The van der Waals surface area contributed by atoms with Gasteiger partial charge in [-0.25, -0.2) is 10.2 Å². The van der Waals surface area contributed by atoms with E-state index in [9.17, 15) is 9.59 Å². The van der Waals surface area contributed by atoms with Gasteiger partial charge >= 0.3 is 5.97 Å². The lowest BCUT2D eigenvalue weighted by Crippen LogP contribution is -2.30. The normalized spacial score (nSPS) is 13.6. The van der Waals surface area contributed by atoms with Crippen LogP contribution in [-0.4, -0.2) is 41.9 Å². The third kappa shape index (κ3) is 3.79. The van der Waals surface area contributed by atoms with Crippen LogP contribution in [0.2, 0.25) is 0 Å². The van der Waals surface area contributed by atoms with Crippen LogP contribution in [-0.2, 0) is 20.9 Å². The SMILES string of the molecule is COc1ccc(-c2noc(COC(=O)C3=NNC(=O)CC3)n2)c(OC)c1. The van der Waals surface area contributed by atoms with Gasteiger partial charge in [-0.05, 0) is 12.1 Å². The highest BCUT2D eigenvalue weighted by Gasteiger charge is 2.21. The van der Waals surface area contributed by atoms with Gasteiger partial charge in [0.05, 0.1) is 19.8 Å². The number of benzene rings is 1. The molecule has 10 nitrogen and oxygen atoms in total. The van der Waals surface area contributed by atoms with Crippen LogP contribution in [0.25, 0.3) is 11.4 Å². The Bertz CT molecular complexity index is 860. The Morgan fingerprint density at radius 1 is 1.27 bits per heavy atom. The predicted octanol–water partition coefficient (Wildman–Crippen LogP) is 1.06. The molecule has 0 radical (unpaired) electrons. The first-order valence-corrected chi connectivity index (χ1v) is 7.68. The van der Waals surface area contributed by atoms with Crippen molar-refractivity contribution < 1.29 is 28.3 Å². The molecule has 1 N–H and O–H groups in total. The zero-order chi connectivity index (χ0) is 18.5. The zero-order valence-corrected chi connectivity index (χ0v) is 14.1. The van der Waals surface area contributed by atoms with Gasteiger partial charge in [0.25, 0.3) is 5.89 Å². The summed E-state index contributed by atoms with van der Waals surface area (Å²) in [6.07, 6.45) is 0.415. The molecule has 0 saturated heterocycles. The standard InChI is InChI=1S/C16H16N4O6/c1-23-9-3-4-10(12(7-9)24-2)15-17-14(26-20-15)8-25-16(22)11-5-6-13(21)19-18-11/h3-4,7H,5-6,8H2,1-2H3,(H,19,21). The summed E-state index contributed by atoms with van der Waals surface area (Å²) in [5.41, 5.74) is 2.98. The number of esters is 1. The van der Waals surface area contributed by atoms with Gasteiger partial charge in [0, 0.05) is 18.9 Å². The van der Waals surface area contributed by atoms with Gasteiger partial charge in [0.2, 0.25) is 11.7 Å². The van der Waals surface area contributed by atoms with Crippen LogP contribution in [0.1, 0.15) is 18.7 Å². The third-order valence-electron chi connectivity index (χ3n) is 3.58. The minimum Gasteiger partial charge on any atom is -0.497 e. The first-order valence-electron chi connectivity index (χ1n) is 7.68. The summed E-state index contributed by atoms with van der Waals surface area (Å²) in [6, 6.07) is 5.17. The van der Waals surface area contributed by atoms with E-state index in [1.54, 1.807) is 25.3 Å². The second-order valence-corrected chi connectivity index (χ2v) is 5.25. The highest BCUT2D eigenvalue weighted by molar-refractivity contribution is 6.37.